The molecule has 3 heterocycles. The van der Waals surface area contributed by atoms with Crippen LogP contribution >= 0.6 is 24.0 Å². The SMILES string of the molecule is CN=C(NCc1ccnc(N2CCCC2)c1)N1CCC(CC(=O)NC)CC1.I. The first-order chi connectivity index (χ1) is 13.2. The number of halogens is 1. The van der Waals surface area contributed by atoms with E-state index in [4.69, 9.17) is 0 Å². The van der Waals surface area contributed by atoms with Gasteiger partial charge in [0.05, 0.1) is 0 Å². The van der Waals surface area contributed by atoms with Crippen LogP contribution in [0.15, 0.2) is 23.3 Å². The minimum atomic E-state index is 0. The molecule has 3 rings (SSSR count). The van der Waals surface area contributed by atoms with Gasteiger partial charge in [0.2, 0.25) is 5.91 Å². The van der Waals surface area contributed by atoms with Crippen LogP contribution in [0.25, 0.3) is 0 Å². The van der Waals surface area contributed by atoms with Crippen LogP contribution in [-0.4, -0.2) is 62.0 Å². The molecule has 0 atom stereocenters. The highest BCUT2D eigenvalue weighted by molar-refractivity contribution is 14.0. The molecule has 2 fully saturated rings. The number of likely N-dealkylation sites (tertiary alicyclic amines) is 1. The molecule has 2 N–H and O–H groups in total. The maximum Gasteiger partial charge on any atom is 0.220 e. The number of aliphatic imine (C=N–C) groups is 1. The summed E-state index contributed by atoms with van der Waals surface area (Å²) in [7, 11) is 3.54. The first-order valence-electron chi connectivity index (χ1n) is 10.1. The largest absolute Gasteiger partial charge is 0.359 e. The lowest BCUT2D eigenvalue weighted by molar-refractivity contribution is -0.121. The van der Waals surface area contributed by atoms with Gasteiger partial charge in [-0.15, -0.1) is 24.0 Å². The molecule has 0 radical (unpaired) electrons. The molecular weight excluding hydrogens is 467 g/mol. The fraction of sp³-hybridized carbons (Fsp3) is 0.650. The van der Waals surface area contributed by atoms with Crippen molar-refractivity contribution in [1.82, 2.24) is 20.5 Å². The summed E-state index contributed by atoms with van der Waals surface area (Å²) in [4.78, 5) is 25.2. The first kappa shape index (κ1) is 22.7. The maximum absolute atomic E-state index is 11.6. The Bertz CT molecular complexity index is 654. The van der Waals surface area contributed by atoms with Gasteiger partial charge in [-0.05, 0) is 49.3 Å². The Morgan fingerprint density at radius 1 is 1.25 bits per heavy atom. The van der Waals surface area contributed by atoms with E-state index < -0.39 is 0 Å². The van der Waals surface area contributed by atoms with Crippen LogP contribution < -0.4 is 15.5 Å². The van der Waals surface area contributed by atoms with E-state index in [1.165, 1.54) is 18.4 Å². The van der Waals surface area contributed by atoms with Gasteiger partial charge in [0.1, 0.15) is 5.82 Å². The Kier molecular flexibility index (Phi) is 9.27. The number of carbonyl (C=O) groups excluding carboxylic acids is 1. The zero-order valence-electron chi connectivity index (χ0n) is 17.0. The summed E-state index contributed by atoms with van der Waals surface area (Å²) in [5.74, 6) is 2.63. The molecule has 0 aliphatic carbocycles. The molecule has 1 aromatic heterocycles. The first-order valence-corrected chi connectivity index (χ1v) is 10.1. The van der Waals surface area contributed by atoms with Crippen molar-refractivity contribution in [2.75, 3.05) is 45.2 Å². The predicted octanol–water partition coefficient (Wildman–Crippen LogP) is 2.22. The van der Waals surface area contributed by atoms with E-state index in [0.717, 1.165) is 57.3 Å². The van der Waals surface area contributed by atoms with Crippen LogP contribution in [0.1, 0.15) is 37.7 Å². The highest BCUT2D eigenvalue weighted by atomic mass is 127. The maximum atomic E-state index is 11.6. The van der Waals surface area contributed by atoms with Crippen molar-refractivity contribution in [3.63, 3.8) is 0 Å². The van der Waals surface area contributed by atoms with Crippen molar-refractivity contribution < 1.29 is 4.79 Å². The Labute approximate surface area is 185 Å². The molecule has 2 aliphatic rings. The van der Waals surface area contributed by atoms with Gasteiger partial charge in [-0.1, -0.05) is 0 Å². The molecule has 2 aliphatic heterocycles. The van der Waals surface area contributed by atoms with Crippen LogP contribution in [0.4, 0.5) is 5.82 Å². The molecule has 0 aromatic carbocycles. The smallest absolute Gasteiger partial charge is 0.220 e. The predicted molar refractivity (Wildman–Crippen MR) is 124 cm³/mol. The molecule has 156 valence electrons. The Morgan fingerprint density at radius 2 is 1.96 bits per heavy atom. The van der Waals surface area contributed by atoms with E-state index in [2.05, 4.69) is 42.5 Å². The average Bonchev–Trinajstić information content (AvgIpc) is 3.24. The number of piperidine rings is 1. The summed E-state index contributed by atoms with van der Waals surface area (Å²) in [6.07, 6.45) is 7.11. The summed E-state index contributed by atoms with van der Waals surface area (Å²) in [5.41, 5.74) is 1.22. The summed E-state index contributed by atoms with van der Waals surface area (Å²) in [6, 6.07) is 4.25. The third-order valence-electron chi connectivity index (χ3n) is 5.57. The van der Waals surface area contributed by atoms with E-state index in [9.17, 15) is 4.79 Å². The van der Waals surface area contributed by atoms with E-state index in [1.54, 1.807) is 7.05 Å². The lowest BCUT2D eigenvalue weighted by Gasteiger charge is -2.34. The van der Waals surface area contributed by atoms with Crippen molar-refractivity contribution in [3.8, 4) is 0 Å². The number of guanidine groups is 1. The van der Waals surface area contributed by atoms with Gasteiger partial charge in [-0.25, -0.2) is 4.98 Å². The Hall–Kier alpha value is -1.58. The molecular formula is C20H33IN6O. The van der Waals surface area contributed by atoms with E-state index >= 15 is 0 Å². The topological polar surface area (TPSA) is 72.9 Å². The van der Waals surface area contributed by atoms with Gasteiger partial charge >= 0.3 is 0 Å². The third kappa shape index (κ3) is 6.22. The fourth-order valence-corrected chi connectivity index (χ4v) is 3.92. The molecule has 0 saturated carbocycles. The number of nitrogens with one attached hydrogen (secondary N) is 2. The summed E-state index contributed by atoms with van der Waals surface area (Å²) < 4.78 is 0. The minimum absolute atomic E-state index is 0. The molecule has 7 nitrogen and oxygen atoms in total. The molecule has 0 unspecified atom stereocenters. The number of aromatic nitrogens is 1. The lowest BCUT2D eigenvalue weighted by Crippen LogP contribution is -2.45. The number of hydrogen-bond donors (Lipinski definition) is 2. The van der Waals surface area contributed by atoms with Crippen molar-refractivity contribution in [1.29, 1.82) is 0 Å². The van der Waals surface area contributed by atoms with Crippen molar-refractivity contribution in [2.45, 2.75) is 38.6 Å². The third-order valence-corrected chi connectivity index (χ3v) is 5.57. The van der Waals surface area contributed by atoms with Crippen LogP contribution in [0.2, 0.25) is 0 Å². The lowest BCUT2D eigenvalue weighted by atomic mass is 9.93. The average molecular weight is 500 g/mol. The second-order valence-electron chi connectivity index (χ2n) is 7.42. The van der Waals surface area contributed by atoms with Crippen molar-refractivity contribution in [2.24, 2.45) is 10.9 Å². The van der Waals surface area contributed by atoms with Crippen molar-refractivity contribution in [3.05, 3.63) is 23.9 Å². The number of rotatable bonds is 5. The number of anilines is 1. The highest BCUT2D eigenvalue weighted by Crippen LogP contribution is 2.21. The number of amides is 1. The molecule has 0 bridgehead atoms. The zero-order valence-corrected chi connectivity index (χ0v) is 19.3. The fourth-order valence-electron chi connectivity index (χ4n) is 3.92. The quantitative estimate of drug-likeness (QED) is 0.369. The van der Waals surface area contributed by atoms with Crippen LogP contribution in [0, 0.1) is 5.92 Å². The molecule has 28 heavy (non-hydrogen) atoms. The second-order valence-corrected chi connectivity index (χ2v) is 7.42. The van der Waals surface area contributed by atoms with E-state index in [-0.39, 0.29) is 29.9 Å². The molecule has 1 amide bonds. The van der Waals surface area contributed by atoms with Gasteiger partial charge in [-0.3, -0.25) is 9.79 Å². The highest BCUT2D eigenvalue weighted by Gasteiger charge is 2.23. The second kappa shape index (κ2) is 11.4. The van der Waals surface area contributed by atoms with Gasteiger partial charge < -0.3 is 20.4 Å². The standard InChI is InChI=1S/C20H32N6O.HI/c1-21-19(27)14-16-6-11-26(12-7-16)20(22-2)24-15-17-5-8-23-18(13-17)25-9-3-4-10-25;/h5,8,13,16H,3-4,6-7,9-12,14-15H2,1-2H3,(H,21,27)(H,22,24);1H. The number of carbonyl (C=O) groups is 1. The van der Waals surface area contributed by atoms with Crippen molar-refractivity contribution >= 4 is 41.7 Å². The molecule has 0 spiro atoms. The van der Waals surface area contributed by atoms with Gasteiger partial charge in [0, 0.05) is 59.4 Å². The minimum Gasteiger partial charge on any atom is -0.359 e. The monoisotopic (exact) mass is 500 g/mol. The summed E-state index contributed by atoms with van der Waals surface area (Å²) in [6.45, 7) is 4.84. The van der Waals surface area contributed by atoms with Gasteiger partial charge in [0.25, 0.3) is 0 Å². The van der Waals surface area contributed by atoms with Crippen LogP contribution in [0.5, 0.6) is 0 Å². The van der Waals surface area contributed by atoms with Gasteiger partial charge in [0.15, 0.2) is 5.96 Å². The van der Waals surface area contributed by atoms with Crippen LogP contribution in [0.3, 0.4) is 0 Å². The Balaban J connectivity index is 0.00000280. The molecule has 2 saturated heterocycles. The van der Waals surface area contributed by atoms with Crippen LogP contribution in [-0.2, 0) is 11.3 Å². The number of nitrogens with zero attached hydrogens (tertiary/aromatic N) is 4. The molecule has 8 heteroatoms. The number of hydrogen-bond acceptors (Lipinski definition) is 4. The summed E-state index contributed by atoms with van der Waals surface area (Å²) in [5, 5.41) is 6.21. The Morgan fingerprint density at radius 3 is 2.61 bits per heavy atom. The molecule has 1 aromatic rings. The zero-order chi connectivity index (χ0) is 19.1. The summed E-state index contributed by atoms with van der Waals surface area (Å²) >= 11 is 0. The van der Waals surface area contributed by atoms with E-state index in [1.807, 2.05) is 13.2 Å². The van der Waals surface area contributed by atoms with Gasteiger partial charge in [-0.2, -0.15) is 0 Å². The van der Waals surface area contributed by atoms with E-state index in [0.29, 0.717) is 12.3 Å². The number of pyridine rings is 1. The normalized spacial score (nSPS) is 18.0.